The van der Waals surface area contributed by atoms with Gasteiger partial charge in [-0.15, -0.1) is 0 Å². The van der Waals surface area contributed by atoms with E-state index in [9.17, 15) is 12.8 Å². The highest BCUT2D eigenvalue weighted by molar-refractivity contribution is 9.10. The lowest BCUT2D eigenvalue weighted by atomic mass is 10.0. The van der Waals surface area contributed by atoms with Gasteiger partial charge in [0, 0.05) is 16.6 Å². The molecule has 0 amide bonds. The number of hydrogen-bond donors (Lipinski definition) is 2. The van der Waals surface area contributed by atoms with Crippen molar-refractivity contribution in [1.29, 1.82) is 0 Å². The standard InChI is InChI=1S/C12H16BrFN2O2S/c1-8-6-10(4-5-15-8)16-19(17,18)12-3-2-9(13)7-11(12)14/h2-3,7-8,10,15-16H,4-6H2,1H3. The molecule has 7 heteroatoms. The van der Waals surface area contributed by atoms with E-state index in [2.05, 4.69) is 26.0 Å². The van der Waals surface area contributed by atoms with E-state index in [1.165, 1.54) is 12.1 Å². The topological polar surface area (TPSA) is 58.2 Å². The van der Waals surface area contributed by atoms with Crippen LogP contribution in [0.4, 0.5) is 4.39 Å². The van der Waals surface area contributed by atoms with E-state index in [1.54, 1.807) is 0 Å². The maximum absolute atomic E-state index is 13.7. The van der Waals surface area contributed by atoms with E-state index < -0.39 is 15.8 Å². The Morgan fingerprint density at radius 2 is 2.21 bits per heavy atom. The fourth-order valence-corrected chi connectivity index (χ4v) is 3.89. The van der Waals surface area contributed by atoms with Crippen LogP contribution in [-0.4, -0.2) is 27.0 Å². The fraction of sp³-hybridized carbons (Fsp3) is 0.500. The molecule has 1 aliphatic rings. The molecule has 2 rings (SSSR count). The number of sulfonamides is 1. The number of rotatable bonds is 3. The third kappa shape index (κ3) is 3.75. The van der Waals surface area contributed by atoms with Gasteiger partial charge in [0.05, 0.1) is 0 Å². The van der Waals surface area contributed by atoms with E-state index >= 15 is 0 Å². The summed E-state index contributed by atoms with van der Waals surface area (Å²) in [4.78, 5) is -0.304. The second-order valence-corrected chi connectivity index (χ2v) is 7.37. The van der Waals surface area contributed by atoms with Crippen LogP contribution in [0.2, 0.25) is 0 Å². The number of halogens is 2. The molecule has 0 bridgehead atoms. The minimum Gasteiger partial charge on any atom is -0.314 e. The summed E-state index contributed by atoms with van der Waals surface area (Å²) in [6, 6.07) is 4.05. The number of nitrogens with one attached hydrogen (secondary N) is 2. The Morgan fingerprint density at radius 3 is 2.84 bits per heavy atom. The molecule has 4 nitrogen and oxygen atoms in total. The lowest BCUT2D eigenvalue weighted by Crippen LogP contribution is -2.46. The number of piperidine rings is 1. The lowest BCUT2D eigenvalue weighted by Gasteiger charge is -2.28. The largest absolute Gasteiger partial charge is 0.314 e. The average Bonchev–Trinajstić information content (AvgIpc) is 2.27. The van der Waals surface area contributed by atoms with Gasteiger partial charge >= 0.3 is 0 Å². The summed E-state index contributed by atoms with van der Waals surface area (Å²) < 4.78 is 41.1. The normalized spacial score (nSPS) is 24.4. The molecular formula is C12H16BrFN2O2S. The zero-order chi connectivity index (χ0) is 14.0. The first-order valence-electron chi connectivity index (χ1n) is 6.09. The highest BCUT2D eigenvalue weighted by Gasteiger charge is 2.26. The summed E-state index contributed by atoms with van der Waals surface area (Å²) in [5.74, 6) is -0.746. The SMILES string of the molecule is CC1CC(NS(=O)(=O)c2ccc(Br)cc2F)CCN1. The molecular weight excluding hydrogens is 335 g/mol. The van der Waals surface area contributed by atoms with Crippen LogP contribution in [-0.2, 0) is 10.0 Å². The van der Waals surface area contributed by atoms with Gasteiger partial charge in [-0.2, -0.15) is 0 Å². The molecule has 0 saturated carbocycles. The molecule has 106 valence electrons. The monoisotopic (exact) mass is 350 g/mol. The van der Waals surface area contributed by atoms with Crippen LogP contribution in [0.3, 0.4) is 0 Å². The zero-order valence-electron chi connectivity index (χ0n) is 10.5. The molecule has 0 spiro atoms. The van der Waals surface area contributed by atoms with Crippen LogP contribution >= 0.6 is 15.9 Å². The van der Waals surface area contributed by atoms with Gasteiger partial charge in [0.25, 0.3) is 0 Å². The molecule has 0 radical (unpaired) electrons. The van der Waals surface area contributed by atoms with Gasteiger partial charge in [0.1, 0.15) is 10.7 Å². The molecule has 19 heavy (non-hydrogen) atoms. The number of benzene rings is 1. The van der Waals surface area contributed by atoms with Crippen molar-refractivity contribution in [2.45, 2.75) is 36.7 Å². The predicted molar refractivity (Wildman–Crippen MR) is 74.9 cm³/mol. The van der Waals surface area contributed by atoms with Crippen LogP contribution in [0.5, 0.6) is 0 Å². The first-order chi connectivity index (χ1) is 8.88. The second kappa shape index (κ2) is 5.87. The van der Waals surface area contributed by atoms with Gasteiger partial charge in [-0.1, -0.05) is 15.9 Å². The van der Waals surface area contributed by atoms with Crippen LogP contribution in [0, 0.1) is 5.82 Å². The minimum absolute atomic E-state index is 0.149. The molecule has 0 aliphatic carbocycles. The molecule has 1 aliphatic heterocycles. The van der Waals surface area contributed by atoms with Crippen LogP contribution < -0.4 is 10.0 Å². The summed E-state index contributed by atoms with van der Waals surface area (Å²) in [6.07, 6.45) is 1.42. The van der Waals surface area contributed by atoms with E-state index in [1.807, 2.05) is 6.92 Å². The Balaban J connectivity index is 2.18. The molecule has 1 aromatic rings. The molecule has 1 saturated heterocycles. The molecule has 1 heterocycles. The van der Waals surface area contributed by atoms with Crippen LogP contribution in [0.1, 0.15) is 19.8 Å². The molecule has 1 aromatic carbocycles. The summed E-state index contributed by atoms with van der Waals surface area (Å²) in [7, 11) is -3.80. The average molecular weight is 351 g/mol. The highest BCUT2D eigenvalue weighted by Crippen LogP contribution is 2.20. The first-order valence-corrected chi connectivity index (χ1v) is 8.37. The molecule has 2 atom stereocenters. The van der Waals surface area contributed by atoms with Gasteiger partial charge in [-0.25, -0.2) is 17.5 Å². The van der Waals surface area contributed by atoms with Gasteiger partial charge in [0.15, 0.2) is 0 Å². The van der Waals surface area contributed by atoms with Crippen molar-refractivity contribution in [3.8, 4) is 0 Å². The van der Waals surface area contributed by atoms with Crippen molar-refractivity contribution in [2.24, 2.45) is 0 Å². The van der Waals surface area contributed by atoms with Crippen molar-refractivity contribution in [2.75, 3.05) is 6.54 Å². The van der Waals surface area contributed by atoms with Gasteiger partial charge in [-0.05, 0) is 44.5 Å². The smallest absolute Gasteiger partial charge is 0.243 e. The van der Waals surface area contributed by atoms with E-state index in [4.69, 9.17) is 0 Å². The van der Waals surface area contributed by atoms with Crippen molar-refractivity contribution in [1.82, 2.24) is 10.0 Å². The molecule has 1 fully saturated rings. The quantitative estimate of drug-likeness (QED) is 0.876. The van der Waals surface area contributed by atoms with Gasteiger partial charge in [0.2, 0.25) is 10.0 Å². The second-order valence-electron chi connectivity index (χ2n) is 4.77. The summed E-state index contributed by atoms with van der Waals surface area (Å²) >= 11 is 3.11. The Hall–Kier alpha value is -0.500. The lowest BCUT2D eigenvalue weighted by molar-refractivity contribution is 0.361. The Bertz CT molecular complexity index is 565. The van der Waals surface area contributed by atoms with Crippen molar-refractivity contribution >= 4 is 26.0 Å². The minimum atomic E-state index is -3.80. The maximum atomic E-state index is 13.7. The number of hydrogen-bond acceptors (Lipinski definition) is 3. The summed E-state index contributed by atoms with van der Waals surface area (Å²) in [6.45, 7) is 2.76. The third-order valence-corrected chi connectivity index (χ3v) is 5.18. The Kier molecular flexibility index (Phi) is 4.60. The molecule has 0 aromatic heterocycles. The zero-order valence-corrected chi connectivity index (χ0v) is 12.9. The summed E-state index contributed by atoms with van der Waals surface area (Å²) in [5.41, 5.74) is 0. The van der Waals surface area contributed by atoms with E-state index in [0.717, 1.165) is 12.6 Å². The Labute approximate surface area is 121 Å². The van der Waals surface area contributed by atoms with Crippen molar-refractivity contribution in [3.05, 3.63) is 28.5 Å². The van der Waals surface area contributed by atoms with Crippen LogP contribution in [0.25, 0.3) is 0 Å². The van der Waals surface area contributed by atoms with Crippen molar-refractivity contribution < 1.29 is 12.8 Å². The van der Waals surface area contributed by atoms with Crippen molar-refractivity contribution in [3.63, 3.8) is 0 Å². The third-order valence-electron chi connectivity index (χ3n) is 3.13. The maximum Gasteiger partial charge on any atom is 0.243 e. The molecule has 2 N–H and O–H groups in total. The van der Waals surface area contributed by atoms with Gasteiger partial charge in [-0.3, -0.25) is 0 Å². The fourth-order valence-electron chi connectivity index (χ4n) is 2.22. The Morgan fingerprint density at radius 1 is 1.47 bits per heavy atom. The first kappa shape index (κ1) is 14.9. The highest BCUT2D eigenvalue weighted by atomic mass is 79.9. The summed E-state index contributed by atoms with van der Waals surface area (Å²) in [5, 5.41) is 3.24. The van der Waals surface area contributed by atoms with E-state index in [-0.39, 0.29) is 17.0 Å². The van der Waals surface area contributed by atoms with Crippen LogP contribution in [0.15, 0.2) is 27.6 Å². The van der Waals surface area contributed by atoms with Gasteiger partial charge < -0.3 is 5.32 Å². The van der Waals surface area contributed by atoms with E-state index in [0.29, 0.717) is 17.3 Å². The molecule has 2 unspecified atom stereocenters. The predicted octanol–water partition coefficient (Wildman–Crippen LogP) is 2.01.